The third-order valence-corrected chi connectivity index (χ3v) is 16.0. The molecule has 78 heavy (non-hydrogen) atoms. The number of hydrogen-bond acceptors (Lipinski definition) is 4. The van der Waals surface area contributed by atoms with Crippen molar-refractivity contribution in [3.05, 3.63) is 266 Å². The molecule has 0 aliphatic rings. The maximum Gasteiger partial charge on any atom is 0.159 e. The Kier molecular flexibility index (Phi) is 10.9. The summed E-state index contributed by atoms with van der Waals surface area (Å²) in [5.41, 5.74) is 18.1. The first-order valence-corrected chi connectivity index (χ1v) is 27.2. The zero-order valence-corrected chi connectivity index (χ0v) is 43.2. The molecule has 0 N–H and O–H groups in total. The van der Waals surface area contributed by atoms with Gasteiger partial charge in [-0.15, -0.1) is 0 Å². The predicted molar refractivity (Wildman–Crippen MR) is 329 cm³/mol. The molecule has 0 saturated carbocycles. The van der Waals surface area contributed by atoms with E-state index in [1.807, 2.05) is 0 Å². The summed E-state index contributed by atoms with van der Waals surface area (Å²) in [4.78, 5) is 4.89. The van der Waals surface area contributed by atoms with Crippen molar-refractivity contribution in [2.24, 2.45) is 0 Å². The molecule has 0 radical (unpaired) electrons. The fourth-order valence-corrected chi connectivity index (χ4v) is 12.3. The molecule has 0 spiro atoms. The van der Waals surface area contributed by atoms with Gasteiger partial charge < -0.3 is 18.6 Å². The van der Waals surface area contributed by atoms with E-state index in [1.54, 1.807) is 0 Å². The number of rotatable bonds is 12. The molecule has 0 aliphatic carbocycles. The second-order valence-corrected chi connectivity index (χ2v) is 20.5. The van der Waals surface area contributed by atoms with Crippen molar-refractivity contribution >= 4 is 110 Å². The topological polar surface area (TPSA) is 32.8 Å². The molecule has 13 aromatic carbocycles. The van der Waals surface area contributed by atoms with E-state index >= 15 is 0 Å². The number of para-hydroxylation sites is 4. The van der Waals surface area contributed by atoms with Gasteiger partial charge in [-0.05, 0) is 141 Å². The highest BCUT2D eigenvalue weighted by Crippen LogP contribution is 2.53. The second-order valence-electron chi connectivity index (χ2n) is 20.5. The molecule has 0 fully saturated rings. The highest BCUT2D eigenvalue weighted by Gasteiger charge is 2.28. The number of aryl methyl sites for hydroxylation is 1. The normalized spacial score (nSPS) is 11.8. The van der Waals surface area contributed by atoms with E-state index in [0.29, 0.717) is 0 Å². The molecule has 0 saturated heterocycles. The van der Waals surface area contributed by atoms with Crippen LogP contribution < -0.4 is 9.80 Å². The summed E-state index contributed by atoms with van der Waals surface area (Å²) in [5.74, 6) is 0. The van der Waals surface area contributed by atoms with Crippen LogP contribution in [-0.2, 0) is 6.42 Å². The van der Waals surface area contributed by atoms with Crippen LogP contribution in [0.4, 0.5) is 34.1 Å². The van der Waals surface area contributed by atoms with E-state index in [4.69, 9.17) is 8.83 Å². The highest BCUT2D eigenvalue weighted by molar-refractivity contribution is 6.32. The van der Waals surface area contributed by atoms with Crippen molar-refractivity contribution in [1.29, 1.82) is 0 Å². The third-order valence-electron chi connectivity index (χ3n) is 16.0. The lowest BCUT2D eigenvalue weighted by Crippen LogP contribution is -2.13. The molecule has 2 heterocycles. The zero-order valence-electron chi connectivity index (χ0n) is 43.2. The number of fused-ring (bicyclic) bond motifs is 6. The maximum atomic E-state index is 7.04. The van der Waals surface area contributed by atoms with Gasteiger partial charge in [-0.3, -0.25) is 0 Å². The number of nitrogens with zero attached hydrogens (tertiary/aromatic N) is 2. The van der Waals surface area contributed by atoms with Crippen LogP contribution in [0.1, 0.15) is 25.3 Å². The van der Waals surface area contributed by atoms with Gasteiger partial charge in [-0.25, -0.2) is 0 Å². The highest BCUT2D eigenvalue weighted by atomic mass is 16.3. The van der Waals surface area contributed by atoms with E-state index in [-0.39, 0.29) is 0 Å². The van der Waals surface area contributed by atoms with E-state index in [1.165, 1.54) is 54.7 Å². The Morgan fingerprint density at radius 1 is 0.308 bits per heavy atom. The number of anilines is 6. The van der Waals surface area contributed by atoms with Crippen LogP contribution in [0.2, 0.25) is 0 Å². The van der Waals surface area contributed by atoms with E-state index in [0.717, 1.165) is 114 Å². The lowest BCUT2D eigenvalue weighted by atomic mass is 9.85. The summed E-state index contributed by atoms with van der Waals surface area (Å²) in [5, 5.41) is 11.6. The number of hydrogen-bond donors (Lipinski definition) is 0. The Hall–Kier alpha value is -9.90. The second kappa shape index (κ2) is 18.7. The van der Waals surface area contributed by atoms with E-state index < -0.39 is 0 Å². The van der Waals surface area contributed by atoms with Crippen molar-refractivity contribution in [2.45, 2.75) is 26.2 Å². The summed E-state index contributed by atoms with van der Waals surface area (Å²) in [6.45, 7) is 2.30. The van der Waals surface area contributed by atoms with Crippen LogP contribution in [0.5, 0.6) is 0 Å². The van der Waals surface area contributed by atoms with Crippen molar-refractivity contribution in [3.63, 3.8) is 0 Å². The fourth-order valence-electron chi connectivity index (χ4n) is 12.3. The zero-order chi connectivity index (χ0) is 51.7. The van der Waals surface area contributed by atoms with Crippen LogP contribution in [-0.4, -0.2) is 0 Å². The first-order chi connectivity index (χ1) is 38.7. The molecule has 0 atom stereocenters. The summed E-state index contributed by atoms with van der Waals surface area (Å²) < 4.78 is 14.1. The molecule has 15 rings (SSSR count). The molecule has 370 valence electrons. The Morgan fingerprint density at radius 2 is 0.756 bits per heavy atom. The molecule has 15 aromatic rings. The molecule has 4 heteroatoms. The number of furan rings is 2. The molecule has 0 unspecified atom stereocenters. The van der Waals surface area contributed by atoms with E-state index in [9.17, 15) is 0 Å². The van der Waals surface area contributed by atoms with E-state index in [2.05, 4.69) is 278 Å². The predicted octanol–water partition coefficient (Wildman–Crippen LogP) is 21.7. The third kappa shape index (κ3) is 7.44. The van der Waals surface area contributed by atoms with Crippen LogP contribution in [0.25, 0.3) is 110 Å². The van der Waals surface area contributed by atoms with Crippen LogP contribution in [0.3, 0.4) is 0 Å². The van der Waals surface area contributed by atoms with Gasteiger partial charge in [0.2, 0.25) is 0 Å². The minimum Gasteiger partial charge on any atom is -0.454 e. The molecule has 4 nitrogen and oxygen atoms in total. The van der Waals surface area contributed by atoms with Crippen molar-refractivity contribution in [2.75, 3.05) is 9.80 Å². The largest absolute Gasteiger partial charge is 0.454 e. The molecule has 0 amide bonds. The average Bonchev–Trinajstić information content (AvgIpc) is 4.17. The Balaban J connectivity index is 1.02. The van der Waals surface area contributed by atoms with Gasteiger partial charge in [-0.2, -0.15) is 0 Å². The van der Waals surface area contributed by atoms with Gasteiger partial charge in [0.15, 0.2) is 11.2 Å². The van der Waals surface area contributed by atoms with Crippen molar-refractivity contribution < 1.29 is 8.83 Å². The van der Waals surface area contributed by atoms with Gasteiger partial charge in [-0.1, -0.05) is 201 Å². The van der Waals surface area contributed by atoms with Gasteiger partial charge in [0.1, 0.15) is 11.2 Å². The quantitative estimate of drug-likeness (QED) is 0.114. The maximum absolute atomic E-state index is 7.04. The lowest BCUT2D eigenvalue weighted by molar-refractivity contribution is 0.669. The molecular weight excluding hydrogens is 949 g/mol. The Labute approximate surface area is 452 Å². The van der Waals surface area contributed by atoms with Gasteiger partial charge in [0.25, 0.3) is 0 Å². The van der Waals surface area contributed by atoms with Crippen molar-refractivity contribution in [1.82, 2.24) is 0 Å². The van der Waals surface area contributed by atoms with Crippen LogP contribution in [0.15, 0.2) is 270 Å². The SMILES string of the molecule is CCCCc1cc(N(c2ccccc2)c2cccc3c2oc2ccc(-c4ccccc4)cc23)c2ccc3c(-c4ccccc4)ccc4c(N(c5ccccc5)c5cccc6c5oc5ccc(-c7ccccc7)cc56)cc1c2c34. The molecule has 2 aromatic heterocycles. The average molecular weight is 1000 g/mol. The van der Waals surface area contributed by atoms with Crippen molar-refractivity contribution in [3.8, 4) is 33.4 Å². The minimum absolute atomic E-state index is 0.847. The first-order valence-electron chi connectivity index (χ1n) is 27.2. The summed E-state index contributed by atoms with van der Waals surface area (Å²) in [7, 11) is 0. The van der Waals surface area contributed by atoms with Crippen LogP contribution >= 0.6 is 0 Å². The van der Waals surface area contributed by atoms with Gasteiger partial charge in [0.05, 0.1) is 22.7 Å². The Morgan fingerprint density at radius 3 is 1.27 bits per heavy atom. The fraction of sp³-hybridized carbons (Fsp3) is 0.0541. The summed E-state index contributed by atoms with van der Waals surface area (Å²) >= 11 is 0. The molecule has 0 aliphatic heterocycles. The summed E-state index contributed by atoms with van der Waals surface area (Å²) in [6, 6.07) is 94.6. The monoisotopic (exact) mass is 1000 g/mol. The smallest absolute Gasteiger partial charge is 0.159 e. The van der Waals surface area contributed by atoms with Gasteiger partial charge >= 0.3 is 0 Å². The van der Waals surface area contributed by atoms with Gasteiger partial charge in [0, 0.05) is 49.1 Å². The first kappa shape index (κ1) is 45.5. The molecule has 0 bridgehead atoms. The van der Waals surface area contributed by atoms with Crippen LogP contribution in [0, 0.1) is 0 Å². The minimum atomic E-state index is 0.847. The lowest BCUT2D eigenvalue weighted by Gasteiger charge is -2.31. The standard InChI is InChI=1S/C74H52N2O2/c1-2-3-21-53-46-67(75(54-28-15-7-16-29-54)65-34-19-32-58-63-44-51(48-22-9-4-10-23-48)36-42-69(63)77-73(58)65)60-41-39-57-56(50-26-13-6-14-27-50)38-40-61-68(47-62(53)72(60)71(57)61)76(55-30-17-8-18-31-55)66-35-20-33-59-64-45-52(49-24-11-5-12-25-49)37-43-70(64)78-74(59)66/h4-20,22-47H,2-3,21H2,1H3. The summed E-state index contributed by atoms with van der Waals surface area (Å²) in [6.07, 6.45) is 2.99. The molecular formula is C74H52N2O2. The Bertz CT molecular complexity index is 4700. The number of unbranched alkanes of at least 4 members (excludes halogenated alkanes) is 1. The number of benzene rings is 13.